The second kappa shape index (κ2) is 5.81. The lowest BCUT2D eigenvalue weighted by atomic mass is 9.68. The number of nitrogens with one attached hydrogen (secondary N) is 1. The van der Waals surface area contributed by atoms with Gasteiger partial charge in [0.05, 0.1) is 18.9 Å². The third-order valence-corrected chi connectivity index (χ3v) is 3.38. The number of carboxylic acids is 1. The summed E-state index contributed by atoms with van der Waals surface area (Å²) in [5.41, 5.74) is 4.89. The molecular weight excluding hydrogens is 240 g/mol. The molecule has 0 saturated heterocycles. The van der Waals surface area contributed by atoms with Crippen LogP contribution in [0.15, 0.2) is 0 Å². The summed E-state index contributed by atoms with van der Waals surface area (Å²) in [6.45, 7) is 0.184. The van der Waals surface area contributed by atoms with Gasteiger partial charge < -0.3 is 20.9 Å². The van der Waals surface area contributed by atoms with Crippen molar-refractivity contribution in [3.05, 3.63) is 0 Å². The fourth-order valence-electron chi connectivity index (χ4n) is 1.89. The molecule has 0 aliphatic heterocycles. The number of carboxylic acid groups (broad SMARTS) is 1. The maximum absolute atomic E-state index is 12.0. The van der Waals surface area contributed by atoms with Gasteiger partial charge in [0.2, 0.25) is 5.91 Å². The number of hydrogen-bond donors (Lipinski definition) is 3. The zero-order valence-corrected chi connectivity index (χ0v) is 10.3. The van der Waals surface area contributed by atoms with Gasteiger partial charge in [-0.2, -0.15) is 0 Å². The number of nitrogens with two attached hydrogens (primary N) is 1. The van der Waals surface area contributed by atoms with Gasteiger partial charge in [0.15, 0.2) is 0 Å². The quantitative estimate of drug-likeness (QED) is 0.539. The van der Waals surface area contributed by atoms with E-state index in [9.17, 15) is 14.4 Å². The van der Waals surface area contributed by atoms with Crippen LogP contribution in [0.2, 0.25) is 0 Å². The Bertz CT molecular complexity index is 346. The molecule has 0 aromatic carbocycles. The molecule has 102 valence electrons. The Balaban J connectivity index is 2.63. The number of esters is 1. The molecule has 0 bridgehead atoms. The highest BCUT2D eigenvalue weighted by Crippen LogP contribution is 2.40. The van der Waals surface area contributed by atoms with Gasteiger partial charge in [-0.3, -0.25) is 9.59 Å². The van der Waals surface area contributed by atoms with Gasteiger partial charge in [-0.25, -0.2) is 4.79 Å². The first kappa shape index (κ1) is 14.4. The molecule has 1 rings (SSSR count). The Hall–Kier alpha value is -1.63. The fraction of sp³-hybridized carbons (Fsp3) is 0.727. The number of ether oxygens (including phenoxy) is 1. The van der Waals surface area contributed by atoms with Crippen LogP contribution in [0.1, 0.15) is 25.7 Å². The van der Waals surface area contributed by atoms with Crippen LogP contribution < -0.4 is 11.1 Å². The molecule has 0 heterocycles. The minimum Gasteiger partial charge on any atom is -0.480 e. The minimum atomic E-state index is -1.27. The molecule has 1 aliphatic carbocycles. The molecule has 0 spiro atoms. The van der Waals surface area contributed by atoms with Crippen molar-refractivity contribution in [3.63, 3.8) is 0 Å². The highest BCUT2D eigenvalue weighted by molar-refractivity contribution is 5.90. The van der Waals surface area contributed by atoms with Crippen molar-refractivity contribution in [3.8, 4) is 0 Å². The van der Waals surface area contributed by atoms with E-state index < -0.39 is 35.7 Å². The highest BCUT2D eigenvalue weighted by Gasteiger charge is 2.44. The molecule has 4 N–H and O–H groups in total. The topological polar surface area (TPSA) is 119 Å². The molecule has 1 saturated carbocycles. The zero-order valence-electron chi connectivity index (χ0n) is 10.3. The van der Waals surface area contributed by atoms with Gasteiger partial charge in [-0.15, -0.1) is 0 Å². The Kier molecular flexibility index (Phi) is 4.66. The maximum atomic E-state index is 12.0. The highest BCUT2D eigenvalue weighted by atomic mass is 16.5. The average molecular weight is 258 g/mol. The summed E-state index contributed by atoms with van der Waals surface area (Å²) in [5.74, 6) is -2.34. The van der Waals surface area contributed by atoms with Crippen LogP contribution >= 0.6 is 0 Å². The summed E-state index contributed by atoms with van der Waals surface area (Å²) < 4.78 is 4.39. The van der Waals surface area contributed by atoms with Crippen LogP contribution in [0.25, 0.3) is 0 Å². The van der Waals surface area contributed by atoms with Crippen LogP contribution in [0.4, 0.5) is 0 Å². The smallest absolute Gasteiger partial charge is 0.326 e. The van der Waals surface area contributed by atoms with Gasteiger partial charge in [0, 0.05) is 6.54 Å². The standard InChI is InChI=1S/C11H18N2O5/c1-18-8(14)5-7(9(15)16)13-10(17)11(6-12)3-2-4-11/h7H,2-6,12H2,1H3,(H,13,17)(H,15,16)/t7-/m0/s1. The predicted octanol–water partition coefficient (Wildman–Crippen LogP) is -0.752. The number of carbonyl (C=O) groups excluding carboxylic acids is 2. The predicted molar refractivity (Wildman–Crippen MR) is 61.5 cm³/mol. The first-order valence-electron chi connectivity index (χ1n) is 5.76. The number of aliphatic carboxylic acids is 1. The maximum Gasteiger partial charge on any atom is 0.326 e. The molecule has 1 fully saturated rings. The lowest BCUT2D eigenvalue weighted by Gasteiger charge is -2.39. The number of rotatable bonds is 6. The Labute approximate surface area is 105 Å². The van der Waals surface area contributed by atoms with E-state index in [1.807, 2.05) is 0 Å². The van der Waals surface area contributed by atoms with Crippen molar-refractivity contribution in [1.29, 1.82) is 0 Å². The summed E-state index contributed by atoms with van der Waals surface area (Å²) in [6, 6.07) is -1.27. The molecule has 0 radical (unpaired) electrons. The van der Waals surface area contributed by atoms with E-state index in [1.165, 1.54) is 0 Å². The first-order valence-corrected chi connectivity index (χ1v) is 5.76. The van der Waals surface area contributed by atoms with E-state index in [0.29, 0.717) is 12.8 Å². The molecule has 1 aliphatic rings. The molecule has 0 aromatic heterocycles. The minimum absolute atomic E-state index is 0.184. The van der Waals surface area contributed by atoms with Crippen molar-refractivity contribution < 1.29 is 24.2 Å². The van der Waals surface area contributed by atoms with Crippen molar-refractivity contribution in [2.45, 2.75) is 31.7 Å². The SMILES string of the molecule is COC(=O)C[C@H](NC(=O)C1(CN)CCC1)C(=O)O. The lowest BCUT2D eigenvalue weighted by molar-refractivity contribution is -0.150. The molecule has 0 unspecified atom stereocenters. The molecular formula is C11H18N2O5. The number of carbonyl (C=O) groups is 3. The van der Waals surface area contributed by atoms with Crippen LogP contribution in [0.3, 0.4) is 0 Å². The van der Waals surface area contributed by atoms with Crippen molar-refractivity contribution in [2.24, 2.45) is 11.1 Å². The third kappa shape index (κ3) is 2.98. The number of hydrogen-bond acceptors (Lipinski definition) is 5. The van der Waals surface area contributed by atoms with Gasteiger partial charge in [0.25, 0.3) is 0 Å². The number of amides is 1. The monoisotopic (exact) mass is 258 g/mol. The van der Waals surface area contributed by atoms with E-state index in [2.05, 4.69) is 10.1 Å². The summed E-state index contributed by atoms with van der Waals surface area (Å²) in [7, 11) is 1.16. The van der Waals surface area contributed by atoms with Gasteiger partial charge >= 0.3 is 11.9 Å². The molecule has 7 heteroatoms. The molecule has 7 nitrogen and oxygen atoms in total. The summed E-state index contributed by atoms with van der Waals surface area (Å²) in [5, 5.41) is 11.3. The summed E-state index contributed by atoms with van der Waals surface area (Å²) in [6.07, 6.45) is 1.82. The van der Waals surface area contributed by atoms with E-state index in [0.717, 1.165) is 13.5 Å². The second-order valence-electron chi connectivity index (χ2n) is 4.48. The largest absolute Gasteiger partial charge is 0.480 e. The van der Waals surface area contributed by atoms with Crippen molar-refractivity contribution >= 4 is 17.8 Å². The van der Waals surface area contributed by atoms with Crippen molar-refractivity contribution in [2.75, 3.05) is 13.7 Å². The lowest BCUT2D eigenvalue weighted by Crippen LogP contribution is -2.54. The van der Waals surface area contributed by atoms with E-state index >= 15 is 0 Å². The van der Waals surface area contributed by atoms with Gasteiger partial charge in [0.1, 0.15) is 6.04 Å². The third-order valence-electron chi connectivity index (χ3n) is 3.38. The van der Waals surface area contributed by atoms with Crippen molar-refractivity contribution in [1.82, 2.24) is 5.32 Å². The van der Waals surface area contributed by atoms with Gasteiger partial charge in [-0.1, -0.05) is 6.42 Å². The molecule has 1 atom stereocenters. The zero-order chi connectivity index (χ0) is 13.8. The first-order chi connectivity index (χ1) is 8.45. The van der Waals surface area contributed by atoms with Crippen LogP contribution in [-0.4, -0.2) is 42.6 Å². The summed E-state index contributed by atoms with van der Waals surface area (Å²) in [4.78, 5) is 34.0. The second-order valence-corrected chi connectivity index (χ2v) is 4.48. The molecule has 0 aromatic rings. The van der Waals surface area contributed by atoms with Crippen LogP contribution in [-0.2, 0) is 19.1 Å². The van der Waals surface area contributed by atoms with Gasteiger partial charge in [-0.05, 0) is 12.8 Å². The Morgan fingerprint density at radius 3 is 2.39 bits per heavy atom. The summed E-state index contributed by atoms with van der Waals surface area (Å²) >= 11 is 0. The van der Waals surface area contributed by atoms with E-state index in [4.69, 9.17) is 10.8 Å². The Morgan fingerprint density at radius 2 is 2.06 bits per heavy atom. The number of methoxy groups -OCH3 is 1. The van der Waals surface area contributed by atoms with Crippen LogP contribution in [0.5, 0.6) is 0 Å². The fourth-order valence-corrected chi connectivity index (χ4v) is 1.89. The average Bonchev–Trinajstić information content (AvgIpc) is 2.27. The molecule has 1 amide bonds. The normalized spacial score (nSPS) is 18.3. The van der Waals surface area contributed by atoms with E-state index in [1.54, 1.807) is 0 Å². The Morgan fingerprint density at radius 1 is 1.44 bits per heavy atom. The van der Waals surface area contributed by atoms with Crippen LogP contribution in [0, 0.1) is 5.41 Å². The molecule has 18 heavy (non-hydrogen) atoms. The van der Waals surface area contributed by atoms with E-state index in [-0.39, 0.29) is 6.54 Å².